The minimum absolute atomic E-state index is 0.123. The predicted molar refractivity (Wildman–Crippen MR) is 114 cm³/mol. The number of benzene rings is 3. The molecule has 5 nitrogen and oxygen atoms in total. The molecule has 1 atom stereocenters. The van der Waals surface area contributed by atoms with E-state index in [4.69, 9.17) is 9.84 Å². The van der Waals surface area contributed by atoms with Crippen LogP contribution in [0.2, 0.25) is 0 Å². The van der Waals surface area contributed by atoms with Crippen molar-refractivity contribution >= 4 is 12.1 Å². The predicted octanol–water partition coefficient (Wildman–Crippen LogP) is 5.31. The molecule has 2 N–H and O–H groups in total. The largest absolute Gasteiger partial charge is 0.481 e. The molecule has 0 aromatic heterocycles. The molecule has 10 heteroatoms. The molecular weight excluding hydrogens is 473 g/mol. The molecule has 35 heavy (non-hydrogen) atoms. The average Bonchev–Trinajstić information content (AvgIpc) is 3.16. The Hall–Kier alpha value is -3.95. The number of carbonyl (C=O) groups excluding carboxylic acids is 1. The molecule has 0 aliphatic heterocycles. The molecule has 1 aliphatic rings. The van der Waals surface area contributed by atoms with Crippen molar-refractivity contribution in [3.8, 4) is 11.1 Å². The van der Waals surface area contributed by atoms with Crippen LogP contribution in [0.5, 0.6) is 0 Å². The van der Waals surface area contributed by atoms with Crippen LogP contribution in [0.25, 0.3) is 11.1 Å². The lowest BCUT2D eigenvalue weighted by atomic mass is 9.98. The summed E-state index contributed by atoms with van der Waals surface area (Å²) in [7, 11) is 0. The molecule has 3 aromatic carbocycles. The molecule has 0 saturated carbocycles. The highest BCUT2D eigenvalue weighted by molar-refractivity contribution is 5.79. The standard InChI is InChI=1S/C25H18F5NO4/c26-20-17(21(27)23(29)24(30)22(20)28)9-12(10-19(32)33)31-25(34)35-11-18-15-7-3-1-5-13(15)14-6-2-4-8-16(14)18/h1-8,12,18H,9-11H2,(H,31,34)(H,32,33). The molecule has 3 aromatic rings. The van der Waals surface area contributed by atoms with Crippen molar-refractivity contribution in [1.29, 1.82) is 0 Å². The topological polar surface area (TPSA) is 75.6 Å². The molecule has 0 spiro atoms. The Bertz CT molecular complexity index is 1240. The molecule has 0 radical (unpaired) electrons. The fraction of sp³-hybridized carbons (Fsp3) is 0.200. The first-order valence-corrected chi connectivity index (χ1v) is 10.5. The summed E-state index contributed by atoms with van der Waals surface area (Å²) in [4.78, 5) is 23.6. The van der Waals surface area contributed by atoms with Gasteiger partial charge >= 0.3 is 12.1 Å². The van der Waals surface area contributed by atoms with Gasteiger partial charge in [-0.1, -0.05) is 48.5 Å². The molecule has 1 aliphatic carbocycles. The molecule has 0 fully saturated rings. The van der Waals surface area contributed by atoms with Gasteiger partial charge in [-0.05, 0) is 28.7 Å². The van der Waals surface area contributed by atoms with E-state index < -0.39 is 65.6 Å². The molecule has 0 saturated heterocycles. The van der Waals surface area contributed by atoms with E-state index in [0.717, 1.165) is 22.3 Å². The highest BCUT2D eigenvalue weighted by atomic mass is 19.2. The van der Waals surface area contributed by atoms with Crippen molar-refractivity contribution in [2.24, 2.45) is 0 Å². The van der Waals surface area contributed by atoms with Gasteiger partial charge in [0, 0.05) is 17.5 Å². The summed E-state index contributed by atoms with van der Waals surface area (Å²) < 4.78 is 73.7. The van der Waals surface area contributed by atoms with Gasteiger partial charge in [-0.2, -0.15) is 0 Å². The monoisotopic (exact) mass is 491 g/mol. The number of rotatable bonds is 7. The minimum atomic E-state index is -2.33. The van der Waals surface area contributed by atoms with E-state index in [2.05, 4.69) is 5.32 Å². The number of carbonyl (C=O) groups is 2. The van der Waals surface area contributed by atoms with Gasteiger partial charge in [0.1, 0.15) is 6.61 Å². The zero-order valence-electron chi connectivity index (χ0n) is 18.0. The van der Waals surface area contributed by atoms with Gasteiger partial charge < -0.3 is 15.2 Å². The number of fused-ring (bicyclic) bond motifs is 3. The first kappa shape index (κ1) is 24.2. The molecule has 1 unspecified atom stereocenters. The van der Waals surface area contributed by atoms with Gasteiger partial charge in [0.05, 0.1) is 6.42 Å². The Balaban J connectivity index is 1.50. The van der Waals surface area contributed by atoms with Crippen molar-refractivity contribution in [2.75, 3.05) is 6.61 Å². The summed E-state index contributed by atoms with van der Waals surface area (Å²) in [6.07, 6.45) is -2.90. The maximum absolute atomic E-state index is 14.1. The average molecular weight is 491 g/mol. The van der Waals surface area contributed by atoms with Crippen molar-refractivity contribution in [1.82, 2.24) is 5.32 Å². The highest BCUT2D eigenvalue weighted by Crippen LogP contribution is 2.44. The van der Waals surface area contributed by atoms with E-state index in [1.807, 2.05) is 48.5 Å². The van der Waals surface area contributed by atoms with Gasteiger partial charge in [-0.3, -0.25) is 4.79 Å². The van der Waals surface area contributed by atoms with E-state index in [1.54, 1.807) is 0 Å². The van der Waals surface area contributed by atoms with Crippen LogP contribution in [0.3, 0.4) is 0 Å². The number of carboxylic acids is 1. The van der Waals surface area contributed by atoms with Gasteiger partial charge in [-0.15, -0.1) is 0 Å². The van der Waals surface area contributed by atoms with E-state index in [0.29, 0.717) is 0 Å². The van der Waals surface area contributed by atoms with Gasteiger partial charge in [0.25, 0.3) is 0 Å². The number of hydrogen-bond donors (Lipinski definition) is 2. The number of halogens is 5. The maximum atomic E-state index is 14.1. The number of ether oxygens (including phenoxy) is 1. The maximum Gasteiger partial charge on any atom is 0.407 e. The van der Waals surface area contributed by atoms with E-state index in [1.165, 1.54) is 0 Å². The van der Waals surface area contributed by atoms with Gasteiger partial charge in [-0.25, -0.2) is 26.7 Å². The third-order valence-corrected chi connectivity index (χ3v) is 5.84. The zero-order valence-corrected chi connectivity index (χ0v) is 18.0. The third kappa shape index (κ3) is 4.68. The fourth-order valence-electron chi connectivity index (χ4n) is 4.27. The molecule has 4 rings (SSSR count). The van der Waals surface area contributed by atoms with E-state index in [-0.39, 0.29) is 12.5 Å². The van der Waals surface area contributed by atoms with Crippen LogP contribution in [0.15, 0.2) is 48.5 Å². The van der Waals surface area contributed by atoms with Gasteiger partial charge in [0.15, 0.2) is 23.3 Å². The van der Waals surface area contributed by atoms with Crippen LogP contribution in [-0.2, 0) is 16.0 Å². The van der Waals surface area contributed by atoms with Crippen LogP contribution >= 0.6 is 0 Å². The number of amides is 1. The first-order valence-electron chi connectivity index (χ1n) is 10.5. The first-order chi connectivity index (χ1) is 16.7. The Labute approximate surface area is 196 Å². The Morgan fingerprint density at radius 1 is 0.829 bits per heavy atom. The SMILES string of the molecule is O=C(O)CC(Cc1c(F)c(F)c(F)c(F)c1F)NC(=O)OCC1c2ccccc2-c2ccccc21. The Kier molecular flexibility index (Phi) is 6.72. The molecule has 0 bridgehead atoms. The Morgan fingerprint density at radius 2 is 1.31 bits per heavy atom. The lowest BCUT2D eigenvalue weighted by Gasteiger charge is -2.20. The summed E-state index contributed by atoms with van der Waals surface area (Å²) >= 11 is 0. The van der Waals surface area contributed by atoms with Crippen LogP contribution in [0.1, 0.15) is 29.0 Å². The summed E-state index contributed by atoms with van der Waals surface area (Å²) in [6.45, 7) is -0.123. The second-order valence-electron chi connectivity index (χ2n) is 8.02. The van der Waals surface area contributed by atoms with E-state index in [9.17, 15) is 31.5 Å². The van der Waals surface area contributed by atoms with Crippen LogP contribution < -0.4 is 5.32 Å². The zero-order chi connectivity index (χ0) is 25.3. The summed E-state index contributed by atoms with van der Waals surface area (Å²) in [5.41, 5.74) is 2.57. The number of hydrogen-bond acceptors (Lipinski definition) is 3. The Morgan fingerprint density at radius 3 is 1.83 bits per heavy atom. The van der Waals surface area contributed by atoms with Crippen LogP contribution in [-0.4, -0.2) is 29.8 Å². The van der Waals surface area contributed by atoms with Crippen molar-refractivity contribution in [3.05, 3.63) is 94.3 Å². The van der Waals surface area contributed by atoms with Crippen molar-refractivity contribution in [2.45, 2.75) is 24.8 Å². The minimum Gasteiger partial charge on any atom is -0.481 e. The second kappa shape index (κ2) is 9.73. The second-order valence-corrected chi connectivity index (χ2v) is 8.02. The highest BCUT2D eigenvalue weighted by Gasteiger charge is 2.31. The van der Waals surface area contributed by atoms with Crippen molar-refractivity contribution < 1.29 is 41.4 Å². The molecule has 182 valence electrons. The summed E-state index contributed by atoms with van der Waals surface area (Å²) in [5.74, 6) is -12.6. The van der Waals surface area contributed by atoms with Crippen LogP contribution in [0.4, 0.5) is 26.7 Å². The smallest absolute Gasteiger partial charge is 0.407 e. The number of nitrogens with one attached hydrogen (secondary N) is 1. The van der Waals surface area contributed by atoms with E-state index >= 15 is 0 Å². The fourth-order valence-corrected chi connectivity index (χ4v) is 4.27. The number of alkyl carbamates (subject to hydrolysis) is 1. The number of carboxylic acid groups (broad SMARTS) is 1. The van der Waals surface area contributed by atoms with Crippen LogP contribution in [0, 0.1) is 29.1 Å². The third-order valence-electron chi connectivity index (χ3n) is 5.84. The summed E-state index contributed by atoms with van der Waals surface area (Å²) in [5, 5.41) is 11.3. The molecule has 1 amide bonds. The normalized spacial score (nSPS) is 13.2. The summed E-state index contributed by atoms with van der Waals surface area (Å²) in [6, 6.07) is 13.6. The molecular formula is C25H18F5NO4. The van der Waals surface area contributed by atoms with Gasteiger partial charge in [0.2, 0.25) is 5.82 Å². The lowest BCUT2D eigenvalue weighted by Crippen LogP contribution is -2.39. The lowest BCUT2D eigenvalue weighted by molar-refractivity contribution is -0.137. The quantitative estimate of drug-likeness (QED) is 0.267. The van der Waals surface area contributed by atoms with Crippen molar-refractivity contribution in [3.63, 3.8) is 0 Å². The number of aliphatic carboxylic acids is 1. The molecule has 0 heterocycles.